The summed E-state index contributed by atoms with van der Waals surface area (Å²) >= 11 is 1.33. The van der Waals surface area contributed by atoms with Gasteiger partial charge in [-0.25, -0.2) is 9.97 Å². The quantitative estimate of drug-likeness (QED) is 0.736. The van der Waals surface area contributed by atoms with Crippen molar-refractivity contribution in [3.05, 3.63) is 29.7 Å². The van der Waals surface area contributed by atoms with Crippen molar-refractivity contribution in [2.75, 3.05) is 25.0 Å². The molecular weight excluding hydrogens is 328 g/mol. The fraction of sp³-hybridized carbons (Fsp3) is 0.400. The molecule has 8 nitrogen and oxygen atoms in total. The van der Waals surface area contributed by atoms with Crippen LogP contribution in [-0.4, -0.2) is 51.3 Å². The lowest BCUT2D eigenvalue weighted by atomic mass is 10.3. The topological polar surface area (TPSA) is 100 Å². The average Bonchev–Trinajstić information content (AvgIpc) is 3.22. The van der Waals surface area contributed by atoms with E-state index < -0.39 is 0 Å². The number of anilines is 2. The van der Waals surface area contributed by atoms with Crippen LogP contribution in [-0.2, 0) is 4.79 Å². The zero-order valence-electron chi connectivity index (χ0n) is 13.1. The molecule has 2 aromatic heterocycles. The Labute approximate surface area is 143 Å². The molecule has 0 radical (unpaired) electrons. The van der Waals surface area contributed by atoms with E-state index in [0.717, 1.165) is 19.4 Å². The summed E-state index contributed by atoms with van der Waals surface area (Å²) in [5.41, 5.74) is 0.364. The first-order valence-electron chi connectivity index (χ1n) is 7.77. The summed E-state index contributed by atoms with van der Waals surface area (Å²) in [7, 11) is 0. The lowest BCUT2D eigenvalue weighted by Crippen LogP contribution is -2.30. The highest BCUT2D eigenvalue weighted by atomic mass is 32.1. The highest BCUT2D eigenvalue weighted by Gasteiger charge is 2.19. The number of hydrogen-bond acceptors (Lipinski definition) is 7. The lowest BCUT2D eigenvalue weighted by Gasteiger charge is -2.14. The Morgan fingerprint density at radius 1 is 1.38 bits per heavy atom. The Morgan fingerprint density at radius 2 is 2.29 bits per heavy atom. The molecule has 1 aliphatic rings. The van der Waals surface area contributed by atoms with E-state index in [1.807, 2.05) is 4.90 Å². The molecule has 0 spiro atoms. The second kappa shape index (κ2) is 7.82. The van der Waals surface area contributed by atoms with Crippen LogP contribution in [0.5, 0.6) is 0 Å². The maximum Gasteiger partial charge on any atom is 0.270 e. The summed E-state index contributed by atoms with van der Waals surface area (Å²) < 4.78 is 0. The van der Waals surface area contributed by atoms with E-state index in [4.69, 9.17) is 0 Å². The molecule has 1 saturated heterocycles. The van der Waals surface area contributed by atoms with Gasteiger partial charge in [-0.1, -0.05) is 0 Å². The summed E-state index contributed by atoms with van der Waals surface area (Å²) in [6, 6.07) is 0. The Balaban J connectivity index is 1.43. The molecule has 2 N–H and O–H groups in total. The number of likely N-dealkylation sites (tertiary alicyclic amines) is 1. The van der Waals surface area contributed by atoms with Crippen LogP contribution in [0.1, 0.15) is 29.8 Å². The minimum atomic E-state index is -0.216. The average molecular weight is 346 g/mol. The molecule has 0 saturated carbocycles. The van der Waals surface area contributed by atoms with Gasteiger partial charge >= 0.3 is 0 Å². The van der Waals surface area contributed by atoms with Gasteiger partial charge in [0, 0.05) is 43.8 Å². The summed E-state index contributed by atoms with van der Waals surface area (Å²) in [5.74, 6) is 0.570. The molecule has 0 aromatic carbocycles. The minimum Gasteiger partial charge on any atom is -0.351 e. The van der Waals surface area contributed by atoms with Crippen LogP contribution in [0, 0.1) is 0 Å². The second-order valence-electron chi connectivity index (χ2n) is 5.35. The maximum absolute atomic E-state index is 12.1. The Bertz CT molecular complexity index is 705. The number of hydrogen-bond donors (Lipinski definition) is 2. The number of carbonyl (C=O) groups excluding carboxylic acids is 2. The van der Waals surface area contributed by atoms with E-state index in [1.54, 1.807) is 24.0 Å². The van der Waals surface area contributed by atoms with Crippen LogP contribution >= 0.6 is 11.3 Å². The van der Waals surface area contributed by atoms with Crippen LogP contribution in [0.2, 0.25) is 0 Å². The molecule has 0 atom stereocenters. The first kappa shape index (κ1) is 16.3. The van der Waals surface area contributed by atoms with Gasteiger partial charge in [-0.2, -0.15) is 0 Å². The number of rotatable bonds is 7. The van der Waals surface area contributed by atoms with E-state index >= 15 is 0 Å². The Hall–Kier alpha value is -2.55. The second-order valence-corrected chi connectivity index (χ2v) is 6.21. The molecule has 0 unspecified atom stereocenters. The first-order chi connectivity index (χ1) is 11.7. The summed E-state index contributed by atoms with van der Waals surface area (Å²) in [6.07, 6.45) is 7.07. The minimum absolute atomic E-state index is 0.209. The molecule has 0 bridgehead atoms. The standard InChI is InChI=1S/C15H18N6O2S/c22-13-3-1-7-21(13)8-2-4-18-14(23)11-10-24-15(19-11)20-12-9-16-5-6-17-12/h5-6,9-10H,1-4,7-8H2,(H,18,23)(H,17,19,20). The Kier molecular flexibility index (Phi) is 5.32. The Morgan fingerprint density at radius 3 is 3.04 bits per heavy atom. The van der Waals surface area contributed by atoms with E-state index in [0.29, 0.717) is 36.2 Å². The SMILES string of the molecule is O=C(NCCCN1CCCC1=O)c1csc(Nc2cnccn2)n1. The van der Waals surface area contributed by atoms with E-state index in [-0.39, 0.29) is 11.8 Å². The van der Waals surface area contributed by atoms with Crippen molar-refractivity contribution in [3.63, 3.8) is 0 Å². The van der Waals surface area contributed by atoms with Gasteiger partial charge in [-0.15, -0.1) is 11.3 Å². The van der Waals surface area contributed by atoms with Crippen LogP contribution < -0.4 is 10.6 Å². The molecular formula is C15H18N6O2S. The molecule has 2 amide bonds. The predicted octanol–water partition coefficient (Wildman–Crippen LogP) is 1.42. The smallest absolute Gasteiger partial charge is 0.270 e. The van der Waals surface area contributed by atoms with Crippen LogP contribution in [0.3, 0.4) is 0 Å². The molecule has 0 aliphatic carbocycles. The number of nitrogens with one attached hydrogen (secondary N) is 2. The highest BCUT2D eigenvalue weighted by Crippen LogP contribution is 2.18. The third kappa shape index (κ3) is 4.25. The van der Waals surface area contributed by atoms with Crippen LogP contribution in [0.4, 0.5) is 10.9 Å². The van der Waals surface area contributed by atoms with Crippen molar-refractivity contribution in [3.8, 4) is 0 Å². The fourth-order valence-electron chi connectivity index (χ4n) is 2.41. The molecule has 1 aliphatic heterocycles. The van der Waals surface area contributed by atoms with Crippen molar-refractivity contribution in [2.24, 2.45) is 0 Å². The van der Waals surface area contributed by atoms with Gasteiger partial charge in [-0.05, 0) is 12.8 Å². The number of nitrogens with zero attached hydrogens (tertiary/aromatic N) is 4. The first-order valence-corrected chi connectivity index (χ1v) is 8.65. The normalized spacial score (nSPS) is 14.0. The number of amides is 2. The number of aromatic nitrogens is 3. The summed E-state index contributed by atoms with van der Waals surface area (Å²) in [6.45, 7) is 2.04. The van der Waals surface area contributed by atoms with Crippen molar-refractivity contribution >= 4 is 34.1 Å². The van der Waals surface area contributed by atoms with E-state index in [1.165, 1.54) is 11.3 Å². The zero-order valence-corrected chi connectivity index (χ0v) is 13.9. The summed E-state index contributed by atoms with van der Waals surface area (Å²) in [4.78, 5) is 37.7. The molecule has 3 rings (SSSR count). The van der Waals surface area contributed by atoms with Crippen molar-refractivity contribution in [1.82, 2.24) is 25.2 Å². The molecule has 3 heterocycles. The third-order valence-corrected chi connectivity index (χ3v) is 4.35. The van der Waals surface area contributed by atoms with Crippen molar-refractivity contribution in [2.45, 2.75) is 19.3 Å². The molecule has 126 valence electrons. The van der Waals surface area contributed by atoms with Gasteiger partial charge in [0.05, 0.1) is 6.20 Å². The molecule has 9 heteroatoms. The third-order valence-electron chi connectivity index (χ3n) is 3.60. The van der Waals surface area contributed by atoms with Gasteiger partial charge < -0.3 is 15.5 Å². The van der Waals surface area contributed by atoms with Crippen LogP contribution in [0.25, 0.3) is 0 Å². The van der Waals surface area contributed by atoms with Gasteiger partial charge in [0.2, 0.25) is 5.91 Å². The zero-order chi connectivity index (χ0) is 16.8. The van der Waals surface area contributed by atoms with E-state index in [2.05, 4.69) is 25.6 Å². The highest BCUT2D eigenvalue weighted by molar-refractivity contribution is 7.14. The molecule has 1 fully saturated rings. The van der Waals surface area contributed by atoms with Crippen molar-refractivity contribution in [1.29, 1.82) is 0 Å². The van der Waals surface area contributed by atoms with Gasteiger partial charge in [-0.3, -0.25) is 14.6 Å². The molecule has 24 heavy (non-hydrogen) atoms. The number of thiazole rings is 1. The van der Waals surface area contributed by atoms with Crippen LogP contribution in [0.15, 0.2) is 24.0 Å². The van der Waals surface area contributed by atoms with Gasteiger partial charge in [0.25, 0.3) is 5.91 Å². The van der Waals surface area contributed by atoms with E-state index in [9.17, 15) is 9.59 Å². The molecule has 2 aromatic rings. The monoisotopic (exact) mass is 346 g/mol. The number of carbonyl (C=O) groups is 2. The maximum atomic E-state index is 12.1. The van der Waals surface area contributed by atoms with Crippen molar-refractivity contribution < 1.29 is 9.59 Å². The van der Waals surface area contributed by atoms with Gasteiger partial charge in [0.1, 0.15) is 5.69 Å². The summed E-state index contributed by atoms with van der Waals surface area (Å²) in [5, 5.41) is 8.10. The fourth-order valence-corrected chi connectivity index (χ4v) is 3.11. The predicted molar refractivity (Wildman–Crippen MR) is 90.2 cm³/mol. The largest absolute Gasteiger partial charge is 0.351 e. The lowest BCUT2D eigenvalue weighted by molar-refractivity contribution is -0.127. The van der Waals surface area contributed by atoms with Gasteiger partial charge in [0.15, 0.2) is 10.9 Å².